The Morgan fingerprint density at radius 2 is 1.93 bits per heavy atom. The molecule has 0 spiro atoms. The lowest BCUT2D eigenvalue weighted by molar-refractivity contribution is -0.385. The summed E-state index contributed by atoms with van der Waals surface area (Å²) >= 11 is 0. The summed E-state index contributed by atoms with van der Waals surface area (Å²) in [5, 5.41) is 13.6. The van der Waals surface area contributed by atoms with Crippen LogP contribution in [-0.2, 0) is 14.8 Å². The molecule has 1 aliphatic heterocycles. The second-order valence-corrected chi connectivity index (χ2v) is 8.60. The highest BCUT2D eigenvalue weighted by Crippen LogP contribution is 2.23. The molecule has 1 heterocycles. The van der Waals surface area contributed by atoms with E-state index in [-0.39, 0.29) is 22.9 Å². The van der Waals surface area contributed by atoms with Crippen LogP contribution in [0.3, 0.4) is 0 Å². The first kappa shape index (κ1) is 21.4. The highest BCUT2D eigenvalue weighted by atomic mass is 32.2. The summed E-state index contributed by atoms with van der Waals surface area (Å²) in [5.41, 5.74) is 1.47. The van der Waals surface area contributed by atoms with E-state index in [0.29, 0.717) is 42.0 Å². The van der Waals surface area contributed by atoms with Crippen LogP contribution in [0, 0.1) is 17.0 Å². The highest BCUT2D eigenvalue weighted by molar-refractivity contribution is 7.90. The van der Waals surface area contributed by atoms with Gasteiger partial charge in [0.1, 0.15) is 5.84 Å². The molecule has 2 aromatic carbocycles. The number of nitrogens with one attached hydrogen (secondary N) is 2. The molecule has 0 saturated carbocycles. The zero-order valence-electron chi connectivity index (χ0n) is 16.4. The van der Waals surface area contributed by atoms with Gasteiger partial charge in [0.2, 0.25) is 5.91 Å². The number of aliphatic imine (C=N–C) groups is 1. The zero-order valence-corrected chi connectivity index (χ0v) is 17.2. The number of anilines is 1. The third-order valence-corrected chi connectivity index (χ3v) is 6.08. The molecule has 10 heteroatoms. The maximum atomic E-state index is 12.0. The molecule has 0 fully saturated rings. The van der Waals surface area contributed by atoms with E-state index in [1.54, 1.807) is 43.3 Å². The first-order valence-electron chi connectivity index (χ1n) is 9.49. The number of rotatable bonds is 8. The van der Waals surface area contributed by atoms with Crippen molar-refractivity contribution in [2.75, 3.05) is 11.9 Å². The van der Waals surface area contributed by atoms with Crippen LogP contribution in [0.25, 0.3) is 0 Å². The fraction of sp³-hybridized carbons (Fsp3) is 0.300. The van der Waals surface area contributed by atoms with Gasteiger partial charge in [-0.1, -0.05) is 24.6 Å². The van der Waals surface area contributed by atoms with Crippen molar-refractivity contribution in [2.24, 2.45) is 4.99 Å². The van der Waals surface area contributed by atoms with Gasteiger partial charge < -0.3 is 5.32 Å². The Bertz CT molecular complexity index is 1110. The fourth-order valence-corrected chi connectivity index (χ4v) is 4.37. The number of sulfonamides is 1. The van der Waals surface area contributed by atoms with Crippen molar-refractivity contribution >= 4 is 33.1 Å². The number of hydrogen-bond acceptors (Lipinski definition) is 6. The molecule has 0 saturated heterocycles. The third-order valence-electron chi connectivity index (χ3n) is 4.68. The number of nitro groups is 1. The number of benzene rings is 2. The van der Waals surface area contributed by atoms with Crippen molar-refractivity contribution < 1.29 is 18.1 Å². The Balaban J connectivity index is 1.43. The molecule has 0 radical (unpaired) electrons. The number of nitrogens with zero attached hydrogens (tertiary/aromatic N) is 2. The maximum Gasteiger partial charge on any atom is 0.274 e. The number of amides is 1. The first-order chi connectivity index (χ1) is 14.3. The minimum Gasteiger partial charge on any atom is -0.326 e. The van der Waals surface area contributed by atoms with E-state index in [2.05, 4.69) is 15.0 Å². The summed E-state index contributed by atoms with van der Waals surface area (Å²) in [6, 6.07) is 11.3. The summed E-state index contributed by atoms with van der Waals surface area (Å²) in [5.74, 6) is 0.140. The van der Waals surface area contributed by atoms with Crippen LogP contribution >= 0.6 is 0 Å². The number of aryl methyl sites for hydroxylation is 1. The Morgan fingerprint density at radius 1 is 1.17 bits per heavy atom. The molecule has 0 unspecified atom stereocenters. The fourth-order valence-electron chi connectivity index (χ4n) is 3.12. The molecule has 0 atom stereocenters. The van der Waals surface area contributed by atoms with Crippen molar-refractivity contribution in [3.05, 3.63) is 63.7 Å². The number of fused-ring (bicyclic) bond motifs is 1. The summed E-state index contributed by atoms with van der Waals surface area (Å²) in [7, 11) is -3.53. The number of nitro benzene ring substituents is 1. The molecule has 1 amide bonds. The van der Waals surface area contributed by atoms with Gasteiger partial charge in [0.15, 0.2) is 0 Å². The Labute approximate surface area is 174 Å². The molecular weight excluding hydrogens is 408 g/mol. The van der Waals surface area contributed by atoms with Crippen molar-refractivity contribution in [2.45, 2.75) is 37.5 Å². The minimum absolute atomic E-state index is 0.0315. The standard InChI is InChI=1S/C20H22N4O5S/c1-14-10-11-15(13-17(14)24(26)27)22-19(25)9-3-2-6-12-21-20-16-7-4-5-8-18(16)30(28,29)23-20/h4-5,7-8,10-11,13H,2-3,6,9,12H2,1H3,(H,21,23)(H,22,25). The van der Waals surface area contributed by atoms with E-state index in [1.807, 2.05) is 0 Å². The Kier molecular flexibility index (Phi) is 6.46. The van der Waals surface area contributed by atoms with Gasteiger partial charge in [-0.15, -0.1) is 0 Å². The number of carbonyl (C=O) groups is 1. The minimum atomic E-state index is -3.53. The second-order valence-electron chi connectivity index (χ2n) is 6.95. The van der Waals surface area contributed by atoms with Crippen LogP contribution < -0.4 is 10.0 Å². The van der Waals surface area contributed by atoms with Crippen LogP contribution in [0.4, 0.5) is 11.4 Å². The monoisotopic (exact) mass is 430 g/mol. The van der Waals surface area contributed by atoms with E-state index in [9.17, 15) is 23.3 Å². The van der Waals surface area contributed by atoms with Crippen molar-refractivity contribution in [3.8, 4) is 0 Å². The molecule has 158 valence electrons. The van der Waals surface area contributed by atoms with Crippen LogP contribution in [0.15, 0.2) is 52.4 Å². The number of carbonyl (C=O) groups excluding carboxylic acids is 1. The normalized spacial score (nSPS) is 15.4. The summed E-state index contributed by atoms with van der Waals surface area (Å²) in [6.45, 7) is 2.08. The summed E-state index contributed by atoms with van der Waals surface area (Å²) in [6.07, 6.45) is 2.37. The molecule has 9 nitrogen and oxygen atoms in total. The summed E-state index contributed by atoms with van der Waals surface area (Å²) < 4.78 is 26.5. The van der Waals surface area contributed by atoms with Gasteiger partial charge in [-0.2, -0.15) is 0 Å². The van der Waals surface area contributed by atoms with Gasteiger partial charge in [0.25, 0.3) is 15.7 Å². The predicted octanol–water partition coefficient (Wildman–Crippen LogP) is 3.14. The van der Waals surface area contributed by atoms with Gasteiger partial charge in [0.05, 0.1) is 9.82 Å². The average Bonchev–Trinajstić information content (AvgIpc) is 2.96. The molecule has 2 aromatic rings. The van der Waals surface area contributed by atoms with E-state index in [4.69, 9.17) is 0 Å². The third kappa shape index (κ3) is 5.01. The van der Waals surface area contributed by atoms with Crippen LogP contribution in [0.5, 0.6) is 0 Å². The highest BCUT2D eigenvalue weighted by Gasteiger charge is 2.29. The van der Waals surface area contributed by atoms with Crippen molar-refractivity contribution in [1.82, 2.24) is 4.72 Å². The maximum absolute atomic E-state index is 12.0. The van der Waals surface area contributed by atoms with Crippen LogP contribution in [0.2, 0.25) is 0 Å². The quantitative estimate of drug-likeness (QED) is 0.377. The van der Waals surface area contributed by atoms with Crippen LogP contribution in [-0.4, -0.2) is 31.6 Å². The lowest BCUT2D eigenvalue weighted by Gasteiger charge is -2.06. The van der Waals surface area contributed by atoms with Crippen LogP contribution in [0.1, 0.15) is 36.8 Å². The lowest BCUT2D eigenvalue weighted by atomic mass is 10.1. The van der Waals surface area contributed by atoms with E-state index >= 15 is 0 Å². The zero-order chi connectivity index (χ0) is 21.7. The first-order valence-corrected chi connectivity index (χ1v) is 11.0. The molecule has 1 aliphatic rings. The summed E-state index contributed by atoms with van der Waals surface area (Å²) in [4.78, 5) is 27.1. The van der Waals surface area contributed by atoms with E-state index in [0.717, 1.165) is 6.42 Å². The van der Waals surface area contributed by atoms with Gasteiger partial charge in [0, 0.05) is 35.8 Å². The number of amidine groups is 1. The van der Waals surface area contributed by atoms with E-state index in [1.165, 1.54) is 6.07 Å². The lowest BCUT2D eigenvalue weighted by Crippen LogP contribution is -2.22. The second kappa shape index (κ2) is 9.04. The van der Waals surface area contributed by atoms with Gasteiger partial charge in [-0.05, 0) is 38.0 Å². The number of hydrogen-bond donors (Lipinski definition) is 2. The SMILES string of the molecule is Cc1ccc(NC(=O)CCCCCN=C2NS(=O)(=O)c3ccccc32)cc1[N+](=O)[O-]. The molecular formula is C20H22N4O5S. The van der Waals surface area contributed by atoms with Gasteiger partial charge >= 0.3 is 0 Å². The molecule has 0 aromatic heterocycles. The Hall–Kier alpha value is -3.27. The average molecular weight is 430 g/mol. The topological polar surface area (TPSA) is 131 Å². The molecule has 3 rings (SSSR count). The molecule has 0 aliphatic carbocycles. The molecule has 0 bridgehead atoms. The smallest absolute Gasteiger partial charge is 0.274 e. The van der Waals surface area contributed by atoms with Crippen molar-refractivity contribution in [3.63, 3.8) is 0 Å². The van der Waals surface area contributed by atoms with Crippen molar-refractivity contribution in [1.29, 1.82) is 0 Å². The molecule has 30 heavy (non-hydrogen) atoms. The number of unbranched alkanes of at least 4 members (excludes halogenated alkanes) is 2. The predicted molar refractivity (Wildman–Crippen MR) is 113 cm³/mol. The molecule has 2 N–H and O–H groups in total. The van der Waals surface area contributed by atoms with Gasteiger partial charge in [-0.25, -0.2) is 8.42 Å². The largest absolute Gasteiger partial charge is 0.326 e. The van der Waals surface area contributed by atoms with E-state index < -0.39 is 14.9 Å². The Morgan fingerprint density at radius 3 is 2.70 bits per heavy atom. The van der Waals surface area contributed by atoms with Gasteiger partial charge in [-0.3, -0.25) is 24.6 Å².